The standard InChI is InChI=1S/C23H23Cl2F4N5O6S/c1-11(23(27,28)29)30-20(36)21(37)34-7-5-22(6-8-34)10-40-16-15(33(2)18(25)17(16)41(38,39)32-22)19(35)31-12-3-4-14(26)13(24)9-12/h3-4,9,11,32H,5-8,10H2,1-2H3,(H,30,36)(H,31,35). The van der Waals surface area contributed by atoms with Crippen LogP contribution in [0.4, 0.5) is 23.2 Å². The highest BCUT2D eigenvalue weighted by atomic mass is 35.5. The third-order valence-electron chi connectivity index (χ3n) is 6.78. The summed E-state index contributed by atoms with van der Waals surface area (Å²) in [6, 6.07) is 1.19. The van der Waals surface area contributed by atoms with Crippen LogP contribution in [0.15, 0.2) is 23.1 Å². The molecule has 1 aromatic carbocycles. The first-order chi connectivity index (χ1) is 19.0. The topological polar surface area (TPSA) is 139 Å². The van der Waals surface area contributed by atoms with Gasteiger partial charge in [0.15, 0.2) is 16.3 Å². The summed E-state index contributed by atoms with van der Waals surface area (Å²) in [6.45, 7) is 0.0353. The molecule has 2 aromatic rings. The molecule has 4 rings (SSSR count). The molecule has 224 valence electrons. The van der Waals surface area contributed by atoms with Gasteiger partial charge in [0.2, 0.25) is 10.0 Å². The number of likely N-dealkylation sites (tertiary alicyclic amines) is 1. The zero-order chi connectivity index (χ0) is 30.5. The molecule has 41 heavy (non-hydrogen) atoms. The molecule has 0 aliphatic carbocycles. The third kappa shape index (κ3) is 6.10. The Morgan fingerprint density at radius 3 is 2.39 bits per heavy atom. The smallest absolute Gasteiger partial charge is 0.408 e. The van der Waals surface area contributed by atoms with E-state index >= 15 is 0 Å². The number of benzene rings is 1. The summed E-state index contributed by atoms with van der Waals surface area (Å²) < 4.78 is 88.1. The maximum absolute atomic E-state index is 13.5. The fourth-order valence-corrected chi connectivity index (χ4v) is 6.78. The number of fused-ring (bicyclic) bond motifs is 1. The number of rotatable bonds is 3. The third-order valence-corrected chi connectivity index (χ3v) is 9.25. The van der Waals surface area contributed by atoms with E-state index in [4.69, 9.17) is 27.9 Å². The van der Waals surface area contributed by atoms with Gasteiger partial charge in [0.1, 0.15) is 23.6 Å². The fourth-order valence-electron chi connectivity index (χ4n) is 4.43. The van der Waals surface area contributed by atoms with Gasteiger partial charge in [0, 0.05) is 25.8 Å². The van der Waals surface area contributed by atoms with Crippen molar-refractivity contribution in [2.24, 2.45) is 7.05 Å². The van der Waals surface area contributed by atoms with E-state index in [1.54, 1.807) is 5.32 Å². The van der Waals surface area contributed by atoms with Crippen molar-refractivity contribution in [3.05, 3.63) is 39.9 Å². The number of sulfonamides is 1. The van der Waals surface area contributed by atoms with Crippen LogP contribution in [0.25, 0.3) is 0 Å². The number of anilines is 1. The van der Waals surface area contributed by atoms with Gasteiger partial charge in [0.05, 0.1) is 10.6 Å². The molecule has 1 aromatic heterocycles. The largest absolute Gasteiger partial charge is 0.488 e. The van der Waals surface area contributed by atoms with E-state index < -0.39 is 56.2 Å². The van der Waals surface area contributed by atoms with Gasteiger partial charge in [-0.1, -0.05) is 23.2 Å². The highest BCUT2D eigenvalue weighted by Gasteiger charge is 2.47. The van der Waals surface area contributed by atoms with Crippen molar-refractivity contribution in [2.75, 3.05) is 25.0 Å². The molecule has 0 saturated carbocycles. The molecule has 18 heteroatoms. The van der Waals surface area contributed by atoms with Gasteiger partial charge in [-0.15, -0.1) is 0 Å². The molecular weight excluding hydrogens is 621 g/mol. The molecule has 3 amide bonds. The Kier molecular flexibility index (Phi) is 8.25. The number of halogens is 6. The van der Waals surface area contributed by atoms with Crippen molar-refractivity contribution in [3.8, 4) is 5.75 Å². The molecule has 2 aliphatic rings. The van der Waals surface area contributed by atoms with E-state index in [0.717, 1.165) is 21.6 Å². The molecule has 1 fully saturated rings. The molecule has 3 heterocycles. The van der Waals surface area contributed by atoms with Crippen LogP contribution in [0, 0.1) is 5.82 Å². The second kappa shape index (κ2) is 11.0. The maximum Gasteiger partial charge on any atom is 0.408 e. The molecule has 0 bridgehead atoms. The minimum atomic E-state index is -4.74. The average molecular weight is 644 g/mol. The molecule has 1 saturated heterocycles. The number of hydrogen-bond acceptors (Lipinski definition) is 6. The number of nitrogens with one attached hydrogen (secondary N) is 3. The summed E-state index contributed by atoms with van der Waals surface area (Å²) in [5.41, 5.74) is -1.43. The van der Waals surface area contributed by atoms with Crippen molar-refractivity contribution in [1.82, 2.24) is 19.5 Å². The van der Waals surface area contributed by atoms with Crippen molar-refractivity contribution in [1.29, 1.82) is 0 Å². The summed E-state index contributed by atoms with van der Waals surface area (Å²) in [7, 11) is -3.07. The van der Waals surface area contributed by atoms with Crippen LogP contribution < -0.4 is 20.1 Å². The lowest BCUT2D eigenvalue weighted by Gasteiger charge is -2.40. The van der Waals surface area contributed by atoms with Gasteiger partial charge >= 0.3 is 18.0 Å². The van der Waals surface area contributed by atoms with Crippen molar-refractivity contribution < 1.29 is 45.1 Å². The van der Waals surface area contributed by atoms with E-state index in [-0.39, 0.29) is 59.8 Å². The van der Waals surface area contributed by atoms with E-state index in [9.17, 15) is 40.4 Å². The normalized spacial score (nSPS) is 18.6. The van der Waals surface area contributed by atoms with Gasteiger partial charge < -0.3 is 24.8 Å². The first kappa shape index (κ1) is 30.9. The molecular formula is C23H23Cl2F4N5O6S. The van der Waals surface area contributed by atoms with Crippen molar-refractivity contribution in [2.45, 2.75) is 42.4 Å². The first-order valence-corrected chi connectivity index (χ1v) is 14.2. The summed E-state index contributed by atoms with van der Waals surface area (Å²) in [6.07, 6.45) is -4.87. The van der Waals surface area contributed by atoms with Crippen LogP contribution in [0.2, 0.25) is 10.2 Å². The van der Waals surface area contributed by atoms with Crippen LogP contribution in [-0.4, -0.2) is 73.1 Å². The quantitative estimate of drug-likeness (QED) is 0.347. The second-order valence-corrected chi connectivity index (χ2v) is 12.0. The highest BCUT2D eigenvalue weighted by Crippen LogP contribution is 2.42. The number of amides is 3. The number of aromatic nitrogens is 1. The summed E-state index contributed by atoms with van der Waals surface area (Å²) in [4.78, 5) is 38.2. The van der Waals surface area contributed by atoms with Crippen LogP contribution in [0.3, 0.4) is 0 Å². The molecule has 1 spiro atoms. The lowest BCUT2D eigenvalue weighted by atomic mass is 9.89. The van der Waals surface area contributed by atoms with Crippen LogP contribution in [0.5, 0.6) is 5.75 Å². The van der Waals surface area contributed by atoms with E-state index in [0.29, 0.717) is 6.92 Å². The van der Waals surface area contributed by atoms with E-state index in [1.807, 2.05) is 0 Å². The zero-order valence-electron chi connectivity index (χ0n) is 21.4. The Morgan fingerprint density at radius 1 is 1.17 bits per heavy atom. The SMILES string of the molecule is CC(NC(=O)C(=O)N1CCC2(CC1)COc1c(c(Cl)n(C)c1C(=O)Nc1ccc(F)c(Cl)c1)S(=O)(=O)N2)C(F)(F)F. The maximum atomic E-state index is 13.5. The van der Waals surface area contributed by atoms with Crippen molar-refractivity contribution in [3.63, 3.8) is 0 Å². The minimum absolute atomic E-state index is 0.0658. The summed E-state index contributed by atoms with van der Waals surface area (Å²) in [5.74, 6) is -4.52. The van der Waals surface area contributed by atoms with Gasteiger partial charge in [0.25, 0.3) is 5.91 Å². The van der Waals surface area contributed by atoms with Gasteiger partial charge in [-0.3, -0.25) is 14.4 Å². The minimum Gasteiger partial charge on any atom is -0.488 e. The van der Waals surface area contributed by atoms with Gasteiger partial charge in [-0.2, -0.15) is 13.2 Å². The Labute approximate surface area is 241 Å². The lowest BCUT2D eigenvalue weighted by Crippen LogP contribution is -2.60. The van der Waals surface area contributed by atoms with Crippen LogP contribution >= 0.6 is 23.2 Å². The number of piperidine rings is 1. The summed E-state index contributed by atoms with van der Waals surface area (Å²) >= 11 is 12.1. The van der Waals surface area contributed by atoms with Gasteiger partial charge in [-0.05, 0) is 38.0 Å². The molecule has 1 unspecified atom stereocenters. The number of alkyl halides is 3. The number of carbonyl (C=O) groups is 3. The summed E-state index contributed by atoms with van der Waals surface area (Å²) in [5, 5.41) is 3.49. The predicted octanol–water partition coefficient (Wildman–Crippen LogP) is 2.82. The number of nitrogens with zero attached hydrogens (tertiary/aromatic N) is 2. The van der Waals surface area contributed by atoms with Crippen molar-refractivity contribution >= 4 is 56.6 Å². The van der Waals surface area contributed by atoms with Crippen LogP contribution in [0.1, 0.15) is 30.3 Å². The monoisotopic (exact) mass is 643 g/mol. The number of ether oxygens (including phenoxy) is 1. The fraction of sp³-hybridized carbons (Fsp3) is 0.435. The first-order valence-electron chi connectivity index (χ1n) is 11.9. The van der Waals surface area contributed by atoms with Crippen LogP contribution in [-0.2, 0) is 26.7 Å². The van der Waals surface area contributed by atoms with E-state index in [2.05, 4.69) is 10.0 Å². The van der Waals surface area contributed by atoms with E-state index in [1.165, 1.54) is 13.1 Å². The Hall–Kier alpha value is -3.08. The Balaban J connectivity index is 1.53. The second-order valence-electron chi connectivity index (χ2n) is 9.64. The number of carbonyl (C=O) groups excluding carboxylic acids is 3. The average Bonchev–Trinajstić information content (AvgIpc) is 3.08. The molecule has 1 atom stereocenters. The molecule has 0 radical (unpaired) electrons. The van der Waals surface area contributed by atoms with Gasteiger partial charge in [-0.25, -0.2) is 17.5 Å². The highest BCUT2D eigenvalue weighted by molar-refractivity contribution is 7.89. The Morgan fingerprint density at radius 2 is 1.80 bits per heavy atom. The Bertz CT molecular complexity index is 1520. The predicted molar refractivity (Wildman–Crippen MR) is 138 cm³/mol. The molecule has 11 nitrogen and oxygen atoms in total. The molecule has 3 N–H and O–H groups in total. The number of hydrogen-bond donors (Lipinski definition) is 3. The lowest BCUT2D eigenvalue weighted by molar-refractivity contribution is -0.162. The zero-order valence-corrected chi connectivity index (χ0v) is 23.7. The molecule has 2 aliphatic heterocycles.